The standard InChI is InChI=1S/C14H20ClN3/c1-4-8-14(2,3)18-12(7-9-15)17-11-6-5-10-16-13(11)18/h5-6,10H,4,7-9H2,1-3H3. The van der Waals surface area contributed by atoms with Crippen molar-refractivity contribution in [3.05, 3.63) is 24.2 Å². The van der Waals surface area contributed by atoms with Gasteiger partial charge in [0, 0.05) is 24.0 Å². The quantitative estimate of drug-likeness (QED) is 0.771. The molecule has 2 heterocycles. The first-order valence-electron chi connectivity index (χ1n) is 6.49. The molecule has 18 heavy (non-hydrogen) atoms. The third-order valence-corrected chi connectivity index (χ3v) is 3.46. The molecule has 0 unspecified atom stereocenters. The zero-order valence-corrected chi connectivity index (χ0v) is 12.0. The van der Waals surface area contributed by atoms with Crippen molar-refractivity contribution in [3.63, 3.8) is 0 Å². The lowest BCUT2D eigenvalue weighted by Gasteiger charge is -2.28. The molecule has 3 nitrogen and oxygen atoms in total. The topological polar surface area (TPSA) is 30.7 Å². The minimum Gasteiger partial charge on any atom is -0.307 e. The number of nitrogens with zero attached hydrogens (tertiary/aromatic N) is 3. The molecule has 0 spiro atoms. The van der Waals surface area contributed by atoms with Crippen LogP contribution in [0.1, 0.15) is 39.4 Å². The molecule has 2 rings (SSSR count). The van der Waals surface area contributed by atoms with E-state index in [1.165, 1.54) is 0 Å². The first kappa shape index (κ1) is 13.3. The van der Waals surface area contributed by atoms with E-state index in [1.54, 1.807) is 0 Å². The summed E-state index contributed by atoms with van der Waals surface area (Å²) in [5.74, 6) is 1.63. The number of aromatic nitrogens is 3. The Kier molecular flexibility index (Phi) is 3.91. The fraction of sp³-hybridized carbons (Fsp3) is 0.571. The normalized spacial score (nSPS) is 12.2. The van der Waals surface area contributed by atoms with E-state index >= 15 is 0 Å². The number of hydrogen-bond acceptors (Lipinski definition) is 2. The van der Waals surface area contributed by atoms with Gasteiger partial charge >= 0.3 is 0 Å². The van der Waals surface area contributed by atoms with E-state index in [9.17, 15) is 0 Å². The van der Waals surface area contributed by atoms with Gasteiger partial charge in [-0.25, -0.2) is 9.97 Å². The molecule has 2 aromatic rings. The molecular weight excluding hydrogens is 246 g/mol. The number of fused-ring (bicyclic) bond motifs is 1. The highest BCUT2D eigenvalue weighted by Crippen LogP contribution is 2.28. The second kappa shape index (κ2) is 5.27. The summed E-state index contributed by atoms with van der Waals surface area (Å²) < 4.78 is 2.26. The highest BCUT2D eigenvalue weighted by Gasteiger charge is 2.25. The lowest BCUT2D eigenvalue weighted by Crippen LogP contribution is -2.28. The average molecular weight is 266 g/mol. The molecule has 2 aromatic heterocycles. The van der Waals surface area contributed by atoms with Gasteiger partial charge in [0.15, 0.2) is 5.65 Å². The molecule has 0 atom stereocenters. The molecule has 0 aromatic carbocycles. The van der Waals surface area contributed by atoms with Gasteiger partial charge in [0.2, 0.25) is 0 Å². The SMILES string of the molecule is CCCC(C)(C)n1c(CCCl)nc2cccnc21. The Hall–Kier alpha value is -1.09. The van der Waals surface area contributed by atoms with E-state index in [0.717, 1.165) is 36.3 Å². The summed E-state index contributed by atoms with van der Waals surface area (Å²) >= 11 is 5.89. The van der Waals surface area contributed by atoms with Crippen LogP contribution in [0.25, 0.3) is 11.2 Å². The van der Waals surface area contributed by atoms with Crippen molar-refractivity contribution in [2.24, 2.45) is 0 Å². The minimum atomic E-state index is 0.0270. The summed E-state index contributed by atoms with van der Waals surface area (Å²) in [6.45, 7) is 6.68. The predicted octanol–water partition coefficient (Wildman–Crippen LogP) is 3.75. The molecule has 98 valence electrons. The van der Waals surface area contributed by atoms with Gasteiger partial charge in [-0.2, -0.15) is 0 Å². The maximum Gasteiger partial charge on any atom is 0.160 e. The second-order valence-electron chi connectivity index (χ2n) is 5.21. The number of aryl methyl sites for hydroxylation is 1. The molecule has 0 saturated heterocycles. The molecule has 4 heteroatoms. The highest BCUT2D eigenvalue weighted by atomic mass is 35.5. The maximum absolute atomic E-state index is 5.89. The molecular formula is C14H20ClN3. The van der Waals surface area contributed by atoms with Crippen LogP contribution in [-0.4, -0.2) is 20.4 Å². The largest absolute Gasteiger partial charge is 0.307 e. The predicted molar refractivity (Wildman–Crippen MR) is 76.2 cm³/mol. The number of imidazole rings is 1. The van der Waals surface area contributed by atoms with Crippen LogP contribution >= 0.6 is 11.6 Å². The lowest BCUT2D eigenvalue weighted by atomic mass is 9.98. The van der Waals surface area contributed by atoms with Gasteiger partial charge in [-0.1, -0.05) is 13.3 Å². The Bertz CT molecular complexity index is 531. The molecule has 0 amide bonds. The third kappa shape index (κ3) is 2.37. The summed E-state index contributed by atoms with van der Waals surface area (Å²) in [5, 5.41) is 0. The van der Waals surface area contributed by atoms with Crippen molar-refractivity contribution >= 4 is 22.8 Å². The van der Waals surface area contributed by atoms with Gasteiger partial charge in [-0.15, -0.1) is 11.6 Å². The summed E-state index contributed by atoms with van der Waals surface area (Å²) in [5.41, 5.74) is 1.96. The summed E-state index contributed by atoms with van der Waals surface area (Å²) in [7, 11) is 0. The van der Waals surface area contributed by atoms with Gasteiger partial charge in [-0.05, 0) is 32.4 Å². The van der Waals surface area contributed by atoms with Crippen molar-refractivity contribution in [1.82, 2.24) is 14.5 Å². The number of alkyl halides is 1. The Labute approximate surface area is 113 Å². The lowest BCUT2D eigenvalue weighted by molar-refractivity contribution is 0.322. The molecule has 0 aliphatic carbocycles. The second-order valence-corrected chi connectivity index (χ2v) is 5.59. The summed E-state index contributed by atoms with van der Waals surface area (Å²) in [6.07, 6.45) is 4.85. The summed E-state index contributed by atoms with van der Waals surface area (Å²) in [6, 6.07) is 3.94. The first-order chi connectivity index (χ1) is 8.60. The van der Waals surface area contributed by atoms with Gasteiger partial charge < -0.3 is 4.57 Å². The Morgan fingerprint density at radius 1 is 1.39 bits per heavy atom. The average Bonchev–Trinajstić information content (AvgIpc) is 2.67. The Morgan fingerprint density at radius 3 is 2.83 bits per heavy atom. The van der Waals surface area contributed by atoms with E-state index in [0.29, 0.717) is 5.88 Å². The molecule has 0 saturated carbocycles. The monoisotopic (exact) mass is 265 g/mol. The fourth-order valence-corrected chi connectivity index (χ4v) is 2.74. The zero-order chi connectivity index (χ0) is 13.2. The molecule has 0 N–H and O–H groups in total. The fourth-order valence-electron chi connectivity index (χ4n) is 2.57. The molecule has 0 radical (unpaired) electrons. The minimum absolute atomic E-state index is 0.0270. The van der Waals surface area contributed by atoms with E-state index in [2.05, 4.69) is 35.3 Å². The van der Waals surface area contributed by atoms with E-state index in [-0.39, 0.29) is 5.54 Å². The van der Waals surface area contributed by atoms with E-state index in [4.69, 9.17) is 11.6 Å². The third-order valence-electron chi connectivity index (χ3n) is 3.27. The van der Waals surface area contributed by atoms with E-state index in [1.807, 2.05) is 18.3 Å². The number of pyridine rings is 1. The van der Waals surface area contributed by atoms with Crippen molar-refractivity contribution in [3.8, 4) is 0 Å². The van der Waals surface area contributed by atoms with Crippen LogP contribution in [0, 0.1) is 0 Å². The van der Waals surface area contributed by atoms with Crippen LogP contribution in [0.15, 0.2) is 18.3 Å². The smallest absolute Gasteiger partial charge is 0.160 e. The first-order valence-corrected chi connectivity index (χ1v) is 7.02. The Balaban J connectivity index is 2.61. The van der Waals surface area contributed by atoms with Gasteiger partial charge in [-0.3, -0.25) is 0 Å². The Morgan fingerprint density at radius 2 is 2.17 bits per heavy atom. The number of halogens is 1. The van der Waals surface area contributed by atoms with Crippen LogP contribution in [0.5, 0.6) is 0 Å². The summed E-state index contributed by atoms with van der Waals surface area (Å²) in [4.78, 5) is 9.16. The maximum atomic E-state index is 5.89. The van der Waals surface area contributed by atoms with E-state index < -0.39 is 0 Å². The van der Waals surface area contributed by atoms with Gasteiger partial charge in [0.1, 0.15) is 11.3 Å². The van der Waals surface area contributed by atoms with Crippen molar-refractivity contribution in [2.75, 3.05) is 5.88 Å². The van der Waals surface area contributed by atoms with Crippen molar-refractivity contribution in [1.29, 1.82) is 0 Å². The van der Waals surface area contributed by atoms with Crippen LogP contribution in [0.2, 0.25) is 0 Å². The van der Waals surface area contributed by atoms with Gasteiger partial charge in [0.05, 0.1) is 0 Å². The van der Waals surface area contributed by atoms with Crippen LogP contribution in [0.4, 0.5) is 0 Å². The van der Waals surface area contributed by atoms with Crippen molar-refractivity contribution < 1.29 is 0 Å². The van der Waals surface area contributed by atoms with Gasteiger partial charge in [0.25, 0.3) is 0 Å². The number of hydrogen-bond donors (Lipinski definition) is 0. The molecule has 0 aliphatic rings. The molecule has 0 bridgehead atoms. The van der Waals surface area contributed by atoms with Crippen LogP contribution < -0.4 is 0 Å². The van der Waals surface area contributed by atoms with Crippen LogP contribution in [-0.2, 0) is 12.0 Å². The molecule has 0 aliphatic heterocycles. The molecule has 0 fully saturated rings. The number of rotatable bonds is 5. The van der Waals surface area contributed by atoms with Crippen molar-refractivity contribution in [2.45, 2.75) is 45.6 Å². The zero-order valence-electron chi connectivity index (χ0n) is 11.3. The van der Waals surface area contributed by atoms with Crippen LogP contribution in [0.3, 0.4) is 0 Å². The highest BCUT2D eigenvalue weighted by molar-refractivity contribution is 6.17.